The number of ether oxygens (including phenoxy) is 1. The summed E-state index contributed by atoms with van der Waals surface area (Å²) >= 11 is 5.77. The van der Waals surface area contributed by atoms with Crippen LogP contribution in [0.3, 0.4) is 0 Å². The van der Waals surface area contributed by atoms with Crippen molar-refractivity contribution in [3.8, 4) is 17.6 Å². The van der Waals surface area contributed by atoms with E-state index < -0.39 is 5.82 Å². The fraction of sp³-hybridized carbons (Fsp3) is 0.214. The Kier molecular flexibility index (Phi) is 8.76. The number of aryl methyl sites for hydroxylation is 2. The minimum atomic E-state index is -0.402. The molecule has 0 radical (unpaired) electrons. The lowest BCUT2D eigenvalue weighted by Gasteiger charge is -2.07. The number of benzene rings is 3. The van der Waals surface area contributed by atoms with Crippen LogP contribution in [0.15, 0.2) is 79.4 Å². The van der Waals surface area contributed by atoms with Crippen LogP contribution in [0.5, 0.6) is 5.75 Å². The highest BCUT2D eigenvalue weighted by Gasteiger charge is 2.01. The average molecular weight is 433 g/mol. The van der Waals surface area contributed by atoms with Gasteiger partial charge >= 0.3 is 0 Å². The second-order valence-electron chi connectivity index (χ2n) is 7.35. The van der Waals surface area contributed by atoms with Crippen molar-refractivity contribution >= 4 is 11.6 Å². The Morgan fingerprint density at radius 1 is 0.871 bits per heavy atom. The molecule has 0 N–H and O–H groups in total. The fourth-order valence-electron chi connectivity index (χ4n) is 3.11. The third-order valence-corrected chi connectivity index (χ3v) is 5.16. The first-order valence-corrected chi connectivity index (χ1v) is 10.9. The van der Waals surface area contributed by atoms with Crippen molar-refractivity contribution in [2.24, 2.45) is 0 Å². The Bertz CT molecular complexity index is 1040. The first-order chi connectivity index (χ1) is 15.1. The third-order valence-electron chi connectivity index (χ3n) is 4.92. The van der Waals surface area contributed by atoms with E-state index in [2.05, 4.69) is 42.7 Å². The van der Waals surface area contributed by atoms with Crippen LogP contribution in [-0.4, -0.2) is 6.61 Å². The molecule has 158 valence electrons. The van der Waals surface area contributed by atoms with E-state index in [0.717, 1.165) is 50.0 Å². The van der Waals surface area contributed by atoms with Gasteiger partial charge in [-0.1, -0.05) is 53.8 Å². The first-order valence-electron chi connectivity index (χ1n) is 10.5. The summed E-state index contributed by atoms with van der Waals surface area (Å²) in [5, 5.41) is 0.369. The second-order valence-corrected chi connectivity index (χ2v) is 7.78. The van der Waals surface area contributed by atoms with Gasteiger partial charge in [-0.2, -0.15) is 0 Å². The van der Waals surface area contributed by atoms with Crippen molar-refractivity contribution in [1.82, 2.24) is 0 Å². The predicted molar refractivity (Wildman–Crippen MR) is 127 cm³/mol. The molecule has 0 aliphatic rings. The molecule has 0 aliphatic heterocycles. The van der Waals surface area contributed by atoms with E-state index in [9.17, 15) is 4.39 Å². The average Bonchev–Trinajstić information content (AvgIpc) is 2.78. The monoisotopic (exact) mass is 432 g/mol. The molecular weight excluding hydrogens is 407 g/mol. The van der Waals surface area contributed by atoms with Crippen molar-refractivity contribution < 1.29 is 9.13 Å². The predicted octanol–water partition coefficient (Wildman–Crippen LogP) is 7.40. The molecular formula is C28H26ClFO. The van der Waals surface area contributed by atoms with Crippen molar-refractivity contribution in [2.75, 3.05) is 6.61 Å². The van der Waals surface area contributed by atoms with Gasteiger partial charge in [0.05, 0.1) is 12.2 Å². The van der Waals surface area contributed by atoms with Gasteiger partial charge < -0.3 is 4.74 Å². The van der Waals surface area contributed by atoms with Crippen molar-refractivity contribution in [3.63, 3.8) is 0 Å². The Balaban J connectivity index is 1.48. The van der Waals surface area contributed by atoms with E-state index in [1.54, 1.807) is 12.1 Å². The molecule has 0 aliphatic carbocycles. The SMILES string of the molecule is C=CCCCCOc1ccc(CCc2ccc(C#Cc3ccc(Cl)cc3F)cc2)cc1. The van der Waals surface area contributed by atoms with Gasteiger partial charge in [0.25, 0.3) is 0 Å². The van der Waals surface area contributed by atoms with Crippen molar-refractivity contribution in [3.05, 3.63) is 112 Å². The van der Waals surface area contributed by atoms with Gasteiger partial charge in [-0.25, -0.2) is 4.39 Å². The van der Waals surface area contributed by atoms with E-state index in [1.165, 1.54) is 17.2 Å². The number of halogens is 2. The molecule has 0 aromatic heterocycles. The molecule has 0 heterocycles. The van der Waals surface area contributed by atoms with Gasteiger partial charge in [-0.05, 0) is 85.7 Å². The lowest BCUT2D eigenvalue weighted by atomic mass is 10.0. The molecule has 0 bridgehead atoms. The topological polar surface area (TPSA) is 9.23 Å². The van der Waals surface area contributed by atoms with Crippen LogP contribution in [0.25, 0.3) is 0 Å². The lowest BCUT2D eigenvalue weighted by Crippen LogP contribution is -1.97. The zero-order valence-electron chi connectivity index (χ0n) is 17.5. The largest absolute Gasteiger partial charge is 0.494 e. The molecule has 0 atom stereocenters. The smallest absolute Gasteiger partial charge is 0.140 e. The minimum absolute atomic E-state index is 0.345. The second kappa shape index (κ2) is 12.0. The summed E-state index contributed by atoms with van der Waals surface area (Å²) in [7, 11) is 0. The van der Waals surface area contributed by atoms with E-state index in [1.807, 2.05) is 30.3 Å². The van der Waals surface area contributed by atoms with E-state index in [4.69, 9.17) is 16.3 Å². The van der Waals surface area contributed by atoms with Crippen molar-refractivity contribution in [1.29, 1.82) is 0 Å². The molecule has 3 rings (SSSR count). The van der Waals surface area contributed by atoms with E-state index >= 15 is 0 Å². The van der Waals surface area contributed by atoms with Gasteiger partial charge in [-0.15, -0.1) is 6.58 Å². The molecule has 0 saturated heterocycles. The van der Waals surface area contributed by atoms with Crippen LogP contribution < -0.4 is 4.74 Å². The fourth-order valence-corrected chi connectivity index (χ4v) is 3.27. The summed E-state index contributed by atoms with van der Waals surface area (Å²) in [4.78, 5) is 0. The highest BCUT2D eigenvalue weighted by Crippen LogP contribution is 2.16. The maximum atomic E-state index is 13.8. The van der Waals surface area contributed by atoms with Gasteiger partial charge in [0.2, 0.25) is 0 Å². The summed E-state index contributed by atoms with van der Waals surface area (Å²) in [6, 6.07) is 20.9. The molecule has 0 spiro atoms. The van der Waals surface area contributed by atoms with Crippen LogP contribution in [0, 0.1) is 17.7 Å². The summed E-state index contributed by atoms with van der Waals surface area (Å²) in [6.07, 6.45) is 7.05. The zero-order valence-corrected chi connectivity index (χ0v) is 18.3. The first kappa shape index (κ1) is 22.7. The summed E-state index contributed by atoms with van der Waals surface area (Å²) < 4.78 is 19.6. The van der Waals surface area contributed by atoms with Crippen LogP contribution in [0.1, 0.15) is 41.5 Å². The van der Waals surface area contributed by atoms with Crippen LogP contribution in [0.4, 0.5) is 4.39 Å². The maximum absolute atomic E-state index is 13.8. The normalized spacial score (nSPS) is 10.3. The van der Waals surface area contributed by atoms with Gasteiger partial charge in [0.1, 0.15) is 11.6 Å². The molecule has 3 aromatic rings. The Hall–Kier alpha value is -3.02. The number of unbranched alkanes of at least 4 members (excludes halogenated alkanes) is 2. The van der Waals surface area contributed by atoms with Crippen LogP contribution >= 0.6 is 11.6 Å². The quantitative estimate of drug-likeness (QED) is 0.194. The van der Waals surface area contributed by atoms with Crippen LogP contribution in [-0.2, 0) is 12.8 Å². The molecule has 31 heavy (non-hydrogen) atoms. The maximum Gasteiger partial charge on any atom is 0.140 e. The standard InChI is InChI=1S/C28H26ClFO/c1-2-3-4-5-20-31-27-18-13-24(14-19-27)11-8-22-6-9-23(10-7-22)12-15-25-16-17-26(29)21-28(25)30/h2,6-7,9-10,13-14,16-19,21H,1,3-5,8,11,20H2. The Morgan fingerprint density at radius 3 is 2.19 bits per heavy atom. The molecule has 1 nitrogen and oxygen atoms in total. The molecule has 3 aromatic carbocycles. The lowest BCUT2D eigenvalue weighted by molar-refractivity contribution is 0.307. The highest BCUT2D eigenvalue weighted by atomic mass is 35.5. The molecule has 0 unspecified atom stereocenters. The minimum Gasteiger partial charge on any atom is -0.494 e. The van der Waals surface area contributed by atoms with Gasteiger partial charge in [-0.3, -0.25) is 0 Å². The number of allylic oxidation sites excluding steroid dienone is 1. The Morgan fingerprint density at radius 2 is 1.55 bits per heavy atom. The van der Waals surface area contributed by atoms with E-state index in [-0.39, 0.29) is 0 Å². The summed E-state index contributed by atoms with van der Waals surface area (Å²) in [5.41, 5.74) is 3.72. The molecule has 3 heteroatoms. The molecule has 0 saturated carbocycles. The van der Waals surface area contributed by atoms with E-state index in [0.29, 0.717) is 10.6 Å². The van der Waals surface area contributed by atoms with Crippen molar-refractivity contribution in [2.45, 2.75) is 32.1 Å². The molecule has 0 fully saturated rings. The highest BCUT2D eigenvalue weighted by molar-refractivity contribution is 6.30. The number of hydrogen-bond donors (Lipinski definition) is 0. The summed E-state index contributed by atoms with van der Waals surface area (Å²) in [5.74, 6) is 6.38. The zero-order chi connectivity index (χ0) is 21.9. The number of rotatable bonds is 9. The summed E-state index contributed by atoms with van der Waals surface area (Å²) in [6.45, 7) is 4.47. The van der Waals surface area contributed by atoms with Gasteiger partial charge in [0, 0.05) is 10.6 Å². The van der Waals surface area contributed by atoms with Crippen LogP contribution in [0.2, 0.25) is 5.02 Å². The Labute approximate surface area is 189 Å². The number of hydrogen-bond acceptors (Lipinski definition) is 1. The van der Waals surface area contributed by atoms with Gasteiger partial charge in [0.15, 0.2) is 0 Å². The third kappa shape index (κ3) is 7.63. The molecule has 0 amide bonds.